The van der Waals surface area contributed by atoms with Gasteiger partial charge in [0, 0.05) is 25.4 Å². The van der Waals surface area contributed by atoms with Gasteiger partial charge < -0.3 is 9.88 Å². The highest BCUT2D eigenvalue weighted by atomic mass is 32.2. The standard InChI is InChI=1S/C21H29N3O4S/c1-6-24(7-2)29(27,28)19-10-11-21(26)23(13-19)14-20(25)22-17(5)18-9-8-15(3)16(4)12-18/h8-13,17H,6-7,14H2,1-5H3,(H,22,25). The zero-order valence-corrected chi connectivity index (χ0v) is 18.4. The minimum atomic E-state index is -3.71. The first-order valence-corrected chi connectivity index (χ1v) is 11.1. The number of carbonyl (C=O) groups excluding carboxylic acids is 1. The van der Waals surface area contributed by atoms with Crippen molar-refractivity contribution < 1.29 is 13.2 Å². The maximum Gasteiger partial charge on any atom is 0.251 e. The number of amides is 1. The number of nitrogens with one attached hydrogen (secondary N) is 1. The summed E-state index contributed by atoms with van der Waals surface area (Å²) in [6.45, 7) is 9.79. The van der Waals surface area contributed by atoms with E-state index in [1.165, 1.54) is 28.2 Å². The molecule has 0 aliphatic heterocycles. The van der Waals surface area contributed by atoms with Gasteiger partial charge >= 0.3 is 0 Å². The molecule has 158 valence electrons. The van der Waals surface area contributed by atoms with Crippen LogP contribution in [-0.2, 0) is 21.4 Å². The molecule has 1 N–H and O–H groups in total. The third-order valence-electron chi connectivity index (χ3n) is 5.02. The summed E-state index contributed by atoms with van der Waals surface area (Å²) < 4.78 is 27.8. The van der Waals surface area contributed by atoms with E-state index in [9.17, 15) is 18.0 Å². The van der Waals surface area contributed by atoms with Gasteiger partial charge in [-0.25, -0.2) is 8.42 Å². The highest BCUT2D eigenvalue weighted by Gasteiger charge is 2.22. The van der Waals surface area contributed by atoms with E-state index in [0.717, 1.165) is 15.7 Å². The van der Waals surface area contributed by atoms with Gasteiger partial charge in [-0.05, 0) is 43.5 Å². The van der Waals surface area contributed by atoms with Crippen molar-refractivity contribution in [2.45, 2.75) is 52.1 Å². The molecule has 0 aliphatic carbocycles. The van der Waals surface area contributed by atoms with Crippen molar-refractivity contribution in [3.05, 3.63) is 63.6 Å². The quantitative estimate of drug-likeness (QED) is 0.711. The minimum Gasteiger partial charge on any atom is -0.348 e. The highest BCUT2D eigenvalue weighted by Crippen LogP contribution is 2.17. The first-order valence-electron chi connectivity index (χ1n) is 9.67. The average Bonchev–Trinajstić information content (AvgIpc) is 2.66. The number of aromatic nitrogens is 1. The van der Waals surface area contributed by atoms with Gasteiger partial charge in [0.25, 0.3) is 5.56 Å². The van der Waals surface area contributed by atoms with Gasteiger partial charge in [0.2, 0.25) is 15.9 Å². The van der Waals surface area contributed by atoms with Crippen molar-refractivity contribution in [1.29, 1.82) is 0 Å². The number of aryl methyl sites for hydroxylation is 2. The van der Waals surface area contributed by atoms with Crippen LogP contribution in [0, 0.1) is 13.8 Å². The largest absolute Gasteiger partial charge is 0.348 e. The topological polar surface area (TPSA) is 88.5 Å². The second-order valence-corrected chi connectivity index (χ2v) is 8.99. The Morgan fingerprint density at radius 1 is 1.10 bits per heavy atom. The molecule has 1 aromatic carbocycles. The van der Waals surface area contributed by atoms with Gasteiger partial charge in [0.15, 0.2) is 0 Å². The fourth-order valence-corrected chi connectivity index (χ4v) is 4.54. The molecule has 1 heterocycles. The SMILES string of the molecule is CCN(CC)S(=O)(=O)c1ccc(=O)n(CC(=O)NC(C)c2ccc(C)c(C)c2)c1. The summed E-state index contributed by atoms with van der Waals surface area (Å²) in [7, 11) is -3.71. The van der Waals surface area contributed by atoms with Crippen LogP contribution < -0.4 is 10.9 Å². The van der Waals surface area contributed by atoms with Crippen LogP contribution in [0.3, 0.4) is 0 Å². The van der Waals surface area contributed by atoms with Crippen LogP contribution in [0.5, 0.6) is 0 Å². The van der Waals surface area contributed by atoms with Crippen LogP contribution in [0.15, 0.2) is 46.2 Å². The summed E-state index contributed by atoms with van der Waals surface area (Å²) >= 11 is 0. The predicted molar refractivity (Wildman–Crippen MR) is 113 cm³/mol. The molecule has 29 heavy (non-hydrogen) atoms. The molecule has 0 spiro atoms. The van der Waals surface area contributed by atoms with Crippen molar-refractivity contribution in [3.63, 3.8) is 0 Å². The lowest BCUT2D eigenvalue weighted by Crippen LogP contribution is -2.35. The number of carbonyl (C=O) groups is 1. The van der Waals surface area contributed by atoms with Crippen LogP contribution in [0.25, 0.3) is 0 Å². The summed E-state index contributed by atoms with van der Waals surface area (Å²) in [4.78, 5) is 24.6. The van der Waals surface area contributed by atoms with Crippen LogP contribution in [-0.4, -0.2) is 36.3 Å². The van der Waals surface area contributed by atoms with Crippen LogP contribution >= 0.6 is 0 Å². The Bertz CT molecular complexity index is 1040. The zero-order chi connectivity index (χ0) is 21.8. The maximum atomic E-state index is 12.7. The third-order valence-corrected chi connectivity index (χ3v) is 7.06. The normalized spacial score (nSPS) is 12.8. The number of sulfonamides is 1. The maximum absolute atomic E-state index is 12.7. The first-order chi connectivity index (χ1) is 13.6. The van der Waals surface area contributed by atoms with Crippen molar-refractivity contribution in [3.8, 4) is 0 Å². The Morgan fingerprint density at radius 3 is 2.34 bits per heavy atom. The van der Waals surface area contributed by atoms with Gasteiger partial charge in [-0.1, -0.05) is 32.0 Å². The molecule has 1 aromatic heterocycles. The molecule has 1 atom stereocenters. The summed E-state index contributed by atoms with van der Waals surface area (Å²) in [6.07, 6.45) is 1.23. The van der Waals surface area contributed by atoms with Gasteiger partial charge in [-0.2, -0.15) is 4.31 Å². The zero-order valence-electron chi connectivity index (χ0n) is 17.6. The second kappa shape index (κ2) is 9.37. The van der Waals surface area contributed by atoms with E-state index >= 15 is 0 Å². The lowest BCUT2D eigenvalue weighted by molar-refractivity contribution is -0.122. The molecule has 0 saturated heterocycles. The Morgan fingerprint density at radius 2 is 1.76 bits per heavy atom. The molecule has 0 radical (unpaired) electrons. The number of pyridine rings is 1. The van der Waals surface area contributed by atoms with E-state index < -0.39 is 15.6 Å². The second-order valence-electron chi connectivity index (χ2n) is 7.05. The number of hydrogen-bond donors (Lipinski definition) is 1. The monoisotopic (exact) mass is 419 g/mol. The molecule has 0 aliphatic rings. The molecule has 1 unspecified atom stereocenters. The molecule has 2 rings (SSSR count). The molecule has 7 nitrogen and oxygen atoms in total. The molecule has 1 amide bonds. The molecule has 2 aromatic rings. The van der Waals surface area contributed by atoms with Crippen LogP contribution in [0.4, 0.5) is 0 Å². The van der Waals surface area contributed by atoms with E-state index in [0.29, 0.717) is 13.1 Å². The van der Waals surface area contributed by atoms with Gasteiger partial charge in [-0.3, -0.25) is 9.59 Å². The lowest BCUT2D eigenvalue weighted by Gasteiger charge is -2.19. The van der Waals surface area contributed by atoms with E-state index in [4.69, 9.17) is 0 Å². The van der Waals surface area contributed by atoms with Crippen molar-refractivity contribution in [1.82, 2.24) is 14.2 Å². The molecule has 0 saturated carbocycles. The van der Waals surface area contributed by atoms with Crippen LogP contribution in [0.1, 0.15) is 43.5 Å². The number of benzene rings is 1. The van der Waals surface area contributed by atoms with E-state index in [1.807, 2.05) is 39.0 Å². The van der Waals surface area contributed by atoms with Gasteiger partial charge in [0.05, 0.1) is 10.9 Å². The van der Waals surface area contributed by atoms with Crippen molar-refractivity contribution >= 4 is 15.9 Å². The fourth-order valence-electron chi connectivity index (χ4n) is 3.06. The lowest BCUT2D eigenvalue weighted by atomic mass is 10.0. The van der Waals surface area contributed by atoms with Gasteiger partial charge in [-0.15, -0.1) is 0 Å². The number of rotatable bonds is 8. The summed E-state index contributed by atoms with van der Waals surface area (Å²) in [5.74, 6) is -0.366. The average molecular weight is 420 g/mol. The Kier molecular flexibility index (Phi) is 7.37. The molecule has 0 fully saturated rings. The Hall–Kier alpha value is -2.45. The summed E-state index contributed by atoms with van der Waals surface area (Å²) in [5, 5.41) is 2.86. The fraction of sp³-hybridized carbons (Fsp3) is 0.429. The Labute approximate surface area is 172 Å². The van der Waals surface area contributed by atoms with E-state index in [1.54, 1.807) is 13.8 Å². The minimum absolute atomic E-state index is 0.00388. The predicted octanol–water partition coefficient (Wildman–Crippen LogP) is 2.37. The molecular formula is C21H29N3O4S. The summed E-state index contributed by atoms with van der Waals surface area (Å²) in [5.41, 5.74) is 2.84. The third kappa shape index (κ3) is 5.33. The molecule has 0 bridgehead atoms. The van der Waals surface area contributed by atoms with Gasteiger partial charge in [0.1, 0.15) is 6.54 Å². The molecular weight excluding hydrogens is 390 g/mol. The van der Waals surface area contributed by atoms with E-state index in [2.05, 4.69) is 5.32 Å². The first kappa shape index (κ1) is 22.8. The molecule has 8 heteroatoms. The smallest absolute Gasteiger partial charge is 0.251 e. The number of hydrogen-bond acceptors (Lipinski definition) is 4. The van der Waals surface area contributed by atoms with E-state index in [-0.39, 0.29) is 23.4 Å². The summed E-state index contributed by atoms with van der Waals surface area (Å²) in [6, 6.07) is 8.19. The van der Waals surface area contributed by atoms with Crippen molar-refractivity contribution in [2.75, 3.05) is 13.1 Å². The Balaban J connectivity index is 2.20. The number of nitrogens with zero attached hydrogens (tertiary/aromatic N) is 2. The van der Waals surface area contributed by atoms with Crippen LogP contribution in [0.2, 0.25) is 0 Å². The highest BCUT2D eigenvalue weighted by molar-refractivity contribution is 7.89. The van der Waals surface area contributed by atoms with Crippen molar-refractivity contribution in [2.24, 2.45) is 0 Å².